The molecule has 0 saturated carbocycles. The van der Waals surface area contributed by atoms with Gasteiger partial charge in [-0.05, 0) is 59.2 Å². The van der Waals surface area contributed by atoms with E-state index < -0.39 is 5.97 Å². The molecule has 0 aliphatic rings. The Kier molecular flexibility index (Phi) is 7.79. The lowest BCUT2D eigenvalue weighted by Gasteiger charge is -2.18. The van der Waals surface area contributed by atoms with E-state index >= 15 is 0 Å². The Bertz CT molecular complexity index is 435. The van der Waals surface area contributed by atoms with Crippen LogP contribution in [0.3, 0.4) is 0 Å². The van der Waals surface area contributed by atoms with Crippen LogP contribution in [0.15, 0.2) is 24.3 Å². The SMILES string of the molecule is CN(C)CCCN(C)CCCOc1ccccc1C(=O)O. The Morgan fingerprint density at radius 2 is 1.76 bits per heavy atom. The van der Waals surface area contributed by atoms with Gasteiger partial charge in [0, 0.05) is 6.54 Å². The molecule has 1 N–H and O–H groups in total. The summed E-state index contributed by atoms with van der Waals surface area (Å²) in [5, 5.41) is 9.06. The third kappa shape index (κ3) is 7.11. The van der Waals surface area contributed by atoms with Crippen molar-refractivity contribution in [2.75, 3.05) is 47.4 Å². The van der Waals surface area contributed by atoms with Crippen molar-refractivity contribution in [3.8, 4) is 5.75 Å². The smallest absolute Gasteiger partial charge is 0.339 e. The number of carboxylic acids is 1. The molecule has 0 unspecified atom stereocenters. The second kappa shape index (κ2) is 9.37. The summed E-state index contributed by atoms with van der Waals surface area (Å²) in [5.74, 6) is -0.508. The van der Waals surface area contributed by atoms with Crippen LogP contribution in [0.5, 0.6) is 5.75 Å². The zero-order valence-corrected chi connectivity index (χ0v) is 13.2. The Hall–Kier alpha value is -1.59. The number of carbonyl (C=O) groups is 1. The summed E-state index contributed by atoms with van der Waals surface area (Å²) < 4.78 is 5.58. The Balaban J connectivity index is 2.24. The van der Waals surface area contributed by atoms with Crippen molar-refractivity contribution in [2.45, 2.75) is 12.8 Å². The average Bonchev–Trinajstić information content (AvgIpc) is 2.43. The first kappa shape index (κ1) is 17.5. The van der Waals surface area contributed by atoms with Crippen molar-refractivity contribution in [1.82, 2.24) is 9.80 Å². The fraction of sp³-hybridized carbons (Fsp3) is 0.562. The molecule has 0 radical (unpaired) electrons. The van der Waals surface area contributed by atoms with E-state index in [1.807, 2.05) is 0 Å². The van der Waals surface area contributed by atoms with E-state index in [2.05, 4.69) is 30.9 Å². The molecule has 0 spiro atoms. The molecule has 5 nitrogen and oxygen atoms in total. The van der Waals surface area contributed by atoms with Crippen LogP contribution in [0, 0.1) is 0 Å². The zero-order chi connectivity index (χ0) is 15.7. The first-order chi connectivity index (χ1) is 10.0. The second-order valence-electron chi connectivity index (χ2n) is 5.46. The maximum absolute atomic E-state index is 11.0. The van der Waals surface area contributed by atoms with Gasteiger partial charge in [0.1, 0.15) is 11.3 Å². The van der Waals surface area contributed by atoms with E-state index in [0.717, 1.165) is 32.5 Å². The number of hydrogen-bond donors (Lipinski definition) is 1. The van der Waals surface area contributed by atoms with Crippen LogP contribution in [0.4, 0.5) is 0 Å². The molecule has 21 heavy (non-hydrogen) atoms. The van der Waals surface area contributed by atoms with E-state index in [-0.39, 0.29) is 5.56 Å². The summed E-state index contributed by atoms with van der Waals surface area (Å²) in [4.78, 5) is 15.5. The molecule has 5 heteroatoms. The van der Waals surface area contributed by atoms with Crippen LogP contribution in [0.1, 0.15) is 23.2 Å². The molecular formula is C16H26N2O3. The molecule has 1 aromatic carbocycles. The molecule has 0 aliphatic carbocycles. The molecule has 1 aromatic rings. The van der Waals surface area contributed by atoms with E-state index in [9.17, 15) is 4.79 Å². The highest BCUT2D eigenvalue weighted by Gasteiger charge is 2.09. The summed E-state index contributed by atoms with van der Waals surface area (Å²) in [6.45, 7) is 3.63. The van der Waals surface area contributed by atoms with Gasteiger partial charge < -0.3 is 19.6 Å². The minimum absolute atomic E-state index is 0.219. The topological polar surface area (TPSA) is 53.0 Å². The maximum Gasteiger partial charge on any atom is 0.339 e. The number of aromatic carboxylic acids is 1. The van der Waals surface area contributed by atoms with Crippen molar-refractivity contribution in [3.05, 3.63) is 29.8 Å². The van der Waals surface area contributed by atoms with Crippen LogP contribution in [-0.4, -0.2) is 68.3 Å². The van der Waals surface area contributed by atoms with E-state index in [1.54, 1.807) is 24.3 Å². The fourth-order valence-corrected chi connectivity index (χ4v) is 2.05. The lowest BCUT2D eigenvalue weighted by Crippen LogP contribution is -2.25. The number of hydrogen-bond acceptors (Lipinski definition) is 4. The van der Waals surface area contributed by atoms with Gasteiger partial charge in [-0.15, -0.1) is 0 Å². The standard InChI is InChI=1S/C16H26N2O3/c1-17(2)10-6-11-18(3)12-7-13-21-15-9-5-4-8-14(15)16(19)20/h4-5,8-9H,6-7,10-13H2,1-3H3,(H,19,20). The van der Waals surface area contributed by atoms with Crippen LogP contribution in [-0.2, 0) is 0 Å². The van der Waals surface area contributed by atoms with Gasteiger partial charge >= 0.3 is 5.97 Å². The minimum atomic E-state index is -0.952. The molecule has 0 bridgehead atoms. The normalized spacial score (nSPS) is 11.1. The van der Waals surface area contributed by atoms with Crippen molar-refractivity contribution in [2.24, 2.45) is 0 Å². The second-order valence-corrected chi connectivity index (χ2v) is 5.46. The molecule has 0 heterocycles. The van der Waals surface area contributed by atoms with Gasteiger partial charge in [-0.2, -0.15) is 0 Å². The maximum atomic E-state index is 11.0. The van der Waals surface area contributed by atoms with E-state index in [4.69, 9.17) is 9.84 Å². The lowest BCUT2D eigenvalue weighted by atomic mass is 10.2. The van der Waals surface area contributed by atoms with Gasteiger partial charge in [-0.1, -0.05) is 12.1 Å². The zero-order valence-electron chi connectivity index (χ0n) is 13.2. The Morgan fingerprint density at radius 1 is 1.10 bits per heavy atom. The predicted molar refractivity (Wildman–Crippen MR) is 84.2 cm³/mol. The first-order valence-corrected chi connectivity index (χ1v) is 7.29. The molecule has 0 aromatic heterocycles. The van der Waals surface area contributed by atoms with Crippen LogP contribution >= 0.6 is 0 Å². The van der Waals surface area contributed by atoms with E-state index in [0.29, 0.717) is 12.4 Å². The fourth-order valence-electron chi connectivity index (χ4n) is 2.05. The highest BCUT2D eigenvalue weighted by molar-refractivity contribution is 5.90. The average molecular weight is 294 g/mol. The summed E-state index contributed by atoms with van der Waals surface area (Å²) in [6.07, 6.45) is 2.03. The van der Waals surface area contributed by atoms with E-state index in [1.165, 1.54) is 0 Å². The summed E-state index contributed by atoms with van der Waals surface area (Å²) in [6, 6.07) is 6.75. The van der Waals surface area contributed by atoms with Gasteiger partial charge in [0.25, 0.3) is 0 Å². The first-order valence-electron chi connectivity index (χ1n) is 7.29. The molecule has 0 saturated heterocycles. The third-order valence-electron chi connectivity index (χ3n) is 3.20. The molecule has 118 valence electrons. The summed E-state index contributed by atoms with van der Waals surface area (Å²) in [7, 11) is 6.25. The van der Waals surface area contributed by atoms with Crippen molar-refractivity contribution < 1.29 is 14.6 Å². The third-order valence-corrected chi connectivity index (χ3v) is 3.20. The lowest BCUT2D eigenvalue weighted by molar-refractivity contribution is 0.0692. The monoisotopic (exact) mass is 294 g/mol. The molecule has 0 amide bonds. The number of benzene rings is 1. The summed E-state index contributed by atoms with van der Waals surface area (Å²) in [5.41, 5.74) is 0.219. The van der Waals surface area contributed by atoms with Gasteiger partial charge in [0.15, 0.2) is 0 Å². The molecular weight excluding hydrogens is 268 g/mol. The summed E-state index contributed by atoms with van der Waals surface area (Å²) >= 11 is 0. The van der Waals surface area contributed by atoms with Crippen LogP contribution in [0.25, 0.3) is 0 Å². The van der Waals surface area contributed by atoms with Crippen LogP contribution in [0.2, 0.25) is 0 Å². The van der Waals surface area contributed by atoms with Crippen molar-refractivity contribution in [1.29, 1.82) is 0 Å². The Labute approximate surface area is 127 Å². The van der Waals surface area contributed by atoms with Crippen LogP contribution < -0.4 is 4.74 Å². The van der Waals surface area contributed by atoms with Gasteiger partial charge in [0.2, 0.25) is 0 Å². The van der Waals surface area contributed by atoms with Gasteiger partial charge in [0.05, 0.1) is 6.61 Å². The van der Waals surface area contributed by atoms with Gasteiger partial charge in [-0.25, -0.2) is 4.79 Å². The highest BCUT2D eigenvalue weighted by Crippen LogP contribution is 2.17. The number of nitrogens with zero attached hydrogens (tertiary/aromatic N) is 2. The molecule has 0 aliphatic heterocycles. The number of rotatable bonds is 10. The van der Waals surface area contributed by atoms with Crippen molar-refractivity contribution in [3.63, 3.8) is 0 Å². The van der Waals surface area contributed by atoms with Crippen molar-refractivity contribution >= 4 is 5.97 Å². The quantitative estimate of drug-likeness (QED) is 0.669. The molecule has 0 atom stereocenters. The molecule has 1 rings (SSSR count). The number of ether oxygens (including phenoxy) is 1. The number of carboxylic acid groups (broad SMARTS) is 1. The largest absolute Gasteiger partial charge is 0.493 e. The Morgan fingerprint density at radius 3 is 2.43 bits per heavy atom. The minimum Gasteiger partial charge on any atom is -0.493 e. The van der Waals surface area contributed by atoms with Gasteiger partial charge in [-0.3, -0.25) is 0 Å². The highest BCUT2D eigenvalue weighted by atomic mass is 16.5. The predicted octanol–water partition coefficient (Wildman–Crippen LogP) is 2.04. The number of para-hydroxylation sites is 1. The molecule has 0 fully saturated rings.